The second kappa shape index (κ2) is 8.61. The van der Waals surface area contributed by atoms with E-state index in [1.165, 1.54) is 4.68 Å². The molecule has 1 aliphatic heterocycles. The number of ether oxygens (including phenoxy) is 1. The van der Waals surface area contributed by atoms with Gasteiger partial charge in [0.25, 0.3) is 0 Å². The van der Waals surface area contributed by atoms with Crippen molar-refractivity contribution in [2.75, 3.05) is 37.7 Å². The zero-order valence-corrected chi connectivity index (χ0v) is 18.7. The Morgan fingerprint density at radius 3 is 2.43 bits per heavy atom. The molecule has 30 heavy (non-hydrogen) atoms. The smallest absolute Gasteiger partial charge is 0.316 e. The van der Waals surface area contributed by atoms with Gasteiger partial charge in [0, 0.05) is 29.9 Å². The Morgan fingerprint density at radius 2 is 1.83 bits per heavy atom. The van der Waals surface area contributed by atoms with Crippen molar-refractivity contribution in [3.05, 3.63) is 46.9 Å². The lowest BCUT2D eigenvalue weighted by Crippen LogP contribution is -2.50. The number of para-hydroxylation sites is 1. The molecule has 1 saturated carbocycles. The Labute approximate surface area is 180 Å². The summed E-state index contributed by atoms with van der Waals surface area (Å²) < 4.78 is 22.0. The molecule has 8 heteroatoms. The van der Waals surface area contributed by atoms with Gasteiger partial charge in [-0.15, -0.1) is 4.31 Å². The van der Waals surface area contributed by atoms with Crippen LogP contribution in [0.5, 0.6) is 5.75 Å². The fourth-order valence-electron chi connectivity index (χ4n) is 3.55. The van der Waals surface area contributed by atoms with Crippen LogP contribution in [0.25, 0.3) is 5.69 Å². The van der Waals surface area contributed by atoms with Crippen LogP contribution in [0.4, 0.5) is 5.69 Å². The third-order valence-electron chi connectivity index (χ3n) is 5.82. The molecule has 2 heterocycles. The Hall–Kier alpha value is -2.03. The maximum atomic E-state index is 13.3. The average molecular weight is 431 g/mol. The minimum absolute atomic E-state index is 0.103. The van der Waals surface area contributed by atoms with Gasteiger partial charge in [-0.2, -0.15) is 9.78 Å². The summed E-state index contributed by atoms with van der Waals surface area (Å²) in [6, 6.07) is 9.41. The van der Waals surface area contributed by atoms with Gasteiger partial charge in [-0.25, -0.2) is 0 Å². The maximum absolute atomic E-state index is 13.3. The van der Waals surface area contributed by atoms with Crippen LogP contribution in [0.15, 0.2) is 41.3 Å². The van der Waals surface area contributed by atoms with Gasteiger partial charge >= 0.3 is 5.56 Å². The molecule has 162 valence electrons. The highest BCUT2D eigenvalue weighted by Gasteiger charge is 2.39. The summed E-state index contributed by atoms with van der Waals surface area (Å²) in [6.07, 6.45) is 3.98. The topological polar surface area (TPSA) is 73.7 Å². The summed E-state index contributed by atoms with van der Waals surface area (Å²) >= 11 is -0.981. The van der Waals surface area contributed by atoms with Crippen molar-refractivity contribution in [1.82, 2.24) is 14.1 Å². The average Bonchev–Trinajstić information content (AvgIpc) is 3.50. The zero-order valence-electron chi connectivity index (χ0n) is 17.9. The van der Waals surface area contributed by atoms with Crippen LogP contribution in [-0.4, -0.2) is 56.7 Å². The molecule has 1 unspecified atom stereocenters. The number of hydrogen-bond acceptors (Lipinski definition) is 6. The molecule has 2 aromatic rings. The normalized spacial score (nSPS) is 19.7. The molecule has 0 amide bonds. The number of anilines is 1. The molecule has 2 aliphatic rings. The van der Waals surface area contributed by atoms with E-state index in [1.54, 1.807) is 6.20 Å². The second-order valence-corrected chi connectivity index (χ2v) is 10.8. The van der Waals surface area contributed by atoms with Crippen LogP contribution < -0.4 is 15.2 Å². The van der Waals surface area contributed by atoms with Gasteiger partial charge < -0.3 is 14.2 Å². The van der Waals surface area contributed by atoms with E-state index in [-0.39, 0.29) is 16.2 Å². The van der Waals surface area contributed by atoms with Crippen molar-refractivity contribution >= 4 is 17.0 Å². The van der Waals surface area contributed by atoms with Gasteiger partial charge in [-0.1, -0.05) is 25.1 Å². The Morgan fingerprint density at radius 1 is 1.17 bits per heavy atom. The molecule has 1 aliphatic carbocycles. The van der Waals surface area contributed by atoms with Crippen LogP contribution in [0.2, 0.25) is 0 Å². The van der Waals surface area contributed by atoms with Gasteiger partial charge in [0.15, 0.2) is 0 Å². The zero-order chi connectivity index (χ0) is 21.3. The summed E-state index contributed by atoms with van der Waals surface area (Å²) in [5.74, 6) is 0.361. The Balaban J connectivity index is 1.60. The molecule has 1 atom stereocenters. The third-order valence-corrected chi connectivity index (χ3v) is 7.50. The first-order valence-corrected chi connectivity index (χ1v) is 11.8. The molecule has 4 rings (SSSR count). The quantitative estimate of drug-likeness (QED) is 0.629. The summed E-state index contributed by atoms with van der Waals surface area (Å²) in [7, 11) is 0. The predicted molar refractivity (Wildman–Crippen MR) is 120 cm³/mol. The van der Waals surface area contributed by atoms with Crippen LogP contribution in [0, 0.1) is 5.41 Å². The number of nitrogens with zero attached hydrogens (tertiary/aromatic N) is 4. The first kappa shape index (κ1) is 21.2. The molecule has 7 nitrogen and oxygen atoms in total. The van der Waals surface area contributed by atoms with Crippen molar-refractivity contribution in [2.24, 2.45) is 5.41 Å². The third kappa shape index (κ3) is 4.50. The molecular weight excluding hydrogens is 400 g/mol. The standard InChI is InChI=1S/C22H30N4O3S/c1-17(2)30(28)25-13-11-24(12-14-25)19-15-23-26(18-7-5-4-6-8-18)21(27)20(19)29-16-22(3)9-10-22/h4-8,15,17H,9-14,16H2,1-3H3. The largest absolute Gasteiger partial charge is 0.598 e. The lowest BCUT2D eigenvalue weighted by atomic mass is 10.2. The van der Waals surface area contributed by atoms with E-state index in [9.17, 15) is 9.35 Å². The monoisotopic (exact) mass is 430 g/mol. The fraction of sp³-hybridized carbons (Fsp3) is 0.545. The highest BCUT2D eigenvalue weighted by molar-refractivity contribution is 7.89. The molecule has 0 N–H and O–H groups in total. The summed E-state index contributed by atoms with van der Waals surface area (Å²) in [4.78, 5) is 15.4. The van der Waals surface area contributed by atoms with Crippen LogP contribution in [-0.2, 0) is 11.4 Å². The van der Waals surface area contributed by atoms with Gasteiger partial charge in [0.2, 0.25) is 5.75 Å². The van der Waals surface area contributed by atoms with Crippen molar-refractivity contribution in [3.8, 4) is 11.4 Å². The SMILES string of the molecule is CC(C)[S+]([O-])N1CCN(c2cnn(-c3ccccc3)c(=O)c2OCC2(C)CC2)CC1. The minimum atomic E-state index is -0.981. The van der Waals surface area contributed by atoms with Crippen LogP contribution in [0.1, 0.15) is 33.6 Å². The maximum Gasteiger partial charge on any atom is 0.316 e. The molecule has 2 fully saturated rings. The van der Waals surface area contributed by atoms with Gasteiger partial charge in [-0.3, -0.25) is 4.79 Å². The van der Waals surface area contributed by atoms with E-state index >= 15 is 0 Å². The molecule has 1 saturated heterocycles. The van der Waals surface area contributed by atoms with Crippen molar-refractivity contribution < 1.29 is 9.29 Å². The van der Waals surface area contributed by atoms with Crippen LogP contribution >= 0.6 is 0 Å². The molecule has 0 spiro atoms. The number of piperazine rings is 1. The number of hydrogen-bond donors (Lipinski definition) is 0. The molecule has 0 bridgehead atoms. The Bertz CT molecular complexity index is 922. The van der Waals surface area contributed by atoms with E-state index in [2.05, 4.69) is 16.9 Å². The van der Waals surface area contributed by atoms with Crippen molar-refractivity contribution in [2.45, 2.75) is 38.9 Å². The summed E-state index contributed by atoms with van der Waals surface area (Å²) in [5.41, 5.74) is 1.37. The first-order valence-electron chi connectivity index (χ1n) is 10.6. The summed E-state index contributed by atoms with van der Waals surface area (Å²) in [5, 5.41) is 4.54. The van der Waals surface area contributed by atoms with Crippen LogP contribution in [0.3, 0.4) is 0 Å². The minimum Gasteiger partial charge on any atom is -0.598 e. The van der Waals surface area contributed by atoms with E-state index < -0.39 is 11.4 Å². The molecule has 1 aromatic carbocycles. The van der Waals surface area contributed by atoms with Gasteiger partial charge in [0.1, 0.15) is 10.9 Å². The number of rotatable bonds is 7. The van der Waals surface area contributed by atoms with Crippen molar-refractivity contribution in [3.63, 3.8) is 0 Å². The van der Waals surface area contributed by atoms with E-state index in [0.29, 0.717) is 44.2 Å². The van der Waals surface area contributed by atoms with Crippen molar-refractivity contribution in [1.29, 1.82) is 0 Å². The molecular formula is C22H30N4O3S. The lowest BCUT2D eigenvalue weighted by molar-refractivity contribution is 0.242. The highest BCUT2D eigenvalue weighted by Crippen LogP contribution is 2.45. The van der Waals surface area contributed by atoms with E-state index in [4.69, 9.17) is 4.74 Å². The highest BCUT2D eigenvalue weighted by atomic mass is 32.2. The fourth-order valence-corrected chi connectivity index (χ4v) is 4.67. The lowest BCUT2D eigenvalue weighted by Gasteiger charge is -2.36. The van der Waals surface area contributed by atoms with Gasteiger partial charge in [0.05, 0.1) is 31.6 Å². The summed E-state index contributed by atoms with van der Waals surface area (Å²) in [6.45, 7) is 9.40. The molecule has 1 aromatic heterocycles. The number of benzene rings is 1. The second-order valence-electron chi connectivity index (χ2n) is 8.75. The predicted octanol–water partition coefficient (Wildman–Crippen LogP) is 2.61. The van der Waals surface area contributed by atoms with E-state index in [1.807, 2.05) is 48.5 Å². The molecule has 0 radical (unpaired) electrons. The Kier molecular flexibility index (Phi) is 6.09. The first-order chi connectivity index (χ1) is 14.4. The van der Waals surface area contributed by atoms with Gasteiger partial charge in [-0.05, 0) is 38.8 Å². The van der Waals surface area contributed by atoms with E-state index in [0.717, 1.165) is 18.5 Å². The number of aromatic nitrogens is 2.